The van der Waals surface area contributed by atoms with E-state index in [1.807, 2.05) is 6.92 Å². The highest BCUT2D eigenvalue weighted by Crippen LogP contribution is 2.25. The fourth-order valence-corrected chi connectivity index (χ4v) is 1.14. The van der Waals surface area contributed by atoms with Crippen molar-refractivity contribution < 1.29 is 17.9 Å². The molecule has 1 saturated heterocycles. The van der Waals surface area contributed by atoms with E-state index in [-0.39, 0.29) is 12.6 Å². The van der Waals surface area contributed by atoms with E-state index in [1.54, 1.807) is 0 Å². The lowest BCUT2D eigenvalue weighted by molar-refractivity contribution is -0.239. The molecular formula is C7H12F3NO. The van der Waals surface area contributed by atoms with E-state index >= 15 is 0 Å². The van der Waals surface area contributed by atoms with Crippen LogP contribution in [0.4, 0.5) is 13.2 Å². The van der Waals surface area contributed by atoms with Crippen molar-refractivity contribution in [2.24, 2.45) is 0 Å². The molecule has 0 aromatic heterocycles. The van der Waals surface area contributed by atoms with Crippen LogP contribution in [0.15, 0.2) is 0 Å². The van der Waals surface area contributed by atoms with Gasteiger partial charge in [-0.3, -0.25) is 0 Å². The van der Waals surface area contributed by atoms with E-state index in [0.29, 0.717) is 13.0 Å². The van der Waals surface area contributed by atoms with E-state index in [1.165, 1.54) is 0 Å². The Labute approximate surface area is 69.1 Å². The smallest absolute Gasteiger partial charge is 0.363 e. The molecule has 0 aromatic rings. The van der Waals surface area contributed by atoms with Crippen LogP contribution in [0, 0.1) is 0 Å². The van der Waals surface area contributed by atoms with Gasteiger partial charge < -0.3 is 10.1 Å². The van der Waals surface area contributed by atoms with Gasteiger partial charge in [0, 0.05) is 13.1 Å². The van der Waals surface area contributed by atoms with Crippen LogP contribution in [0.3, 0.4) is 0 Å². The maximum absolute atomic E-state index is 12.1. The molecule has 0 bridgehead atoms. The van der Waals surface area contributed by atoms with Crippen LogP contribution in [0.1, 0.15) is 13.3 Å². The standard InChI is InChI=1S/C7H12F3NO/c1-2-5-3-11-4-6(12-5)7(8,9)10/h5-6,11H,2-4H2,1H3/t5-,6-/m0/s1. The lowest BCUT2D eigenvalue weighted by Gasteiger charge is -2.31. The highest BCUT2D eigenvalue weighted by Gasteiger charge is 2.43. The molecule has 1 heterocycles. The van der Waals surface area contributed by atoms with Crippen LogP contribution in [-0.4, -0.2) is 31.5 Å². The molecule has 1 aliphatic rings. The van der Waals surface area contributed by atoms with E-state index in [2.05, 4.69) is 5.32 Å². The zero-order chi connectivity index (χ0) is 9.19. The Morgan fingerprint density at radius 3 is 2.58 bits per heavy atom. The minimum absolute atomic E-state index is 0.125. The molecule has 1 rings (SSSR count). The van der Waals surface area contributed by atoms with E-state index in [0.717, 1.165) is 0 Å². The maximum atomic E-state index is 12.1. The molecule has 2 nitrogen and oxygen atoms in total. The fourth-order valence-electron chi connectivity index (χ4n) is 1.14. The molecule has 1 N–H and O–H groups in total. The van der Waals surface area contributed by atoms with Gasteiger partial charge in [0.2, 0.25) is 0 Å². The summed E-state index contributed by atoms with van der Waals surface area (Å²) in [6.45, 7) is 2.20. The molecule has 0 aromatic carbocycles. The monoisotopic (exact) mass is 183 g/mol. The van der Waals surface area contributed by atoms with E-state index in [9.17, 15) is 13.2 Å². The number of rotatable bonds is 1. The summed E-state index contributed by atoms with van der Waals surface area (Å²) in [6.07, 6.45) is -5.55. The molecule has 0 saturated carbocycles. The number of halogens is 3. The second kappa shape index (κ2) is 3.62. The number of nitrogens with one attached hydrogen (secondary N) is 1. The first-order valence-corrected chi connectivity index (χ1v) is 3.97. The van der Waals surface area contributed by atoms with Crippen molar-refractivity contribution in [3.63, 3.8) is 0 Å². The molecule has 2 atom stereocenters. The average Bonchev–Trinajstić information content (AvgIpc) is 2.03. The van der Waals surface area contributed by atoms with E-state index < -0.39 is 12.3 Å². The van der Waals surface area contributed by atoms with Crippen molar-refractivity contribution in [3.05, 3.63) is 0 Å². The molecule has 0 spiro atoms. The third-order valence-corrected chi connectivity index (χ3v) is 1.88. The molecule has 0 amide bonds. The molecule has 0 radical (unpaired) electrons. The van der Waals surface area contributed by atoms with Crippen LogP contribution < -0.4 is 5.32 Å². The van der Waals surface area contributed by atoms with Gasteiger partial charge in [0.25, 0.3) is 0 Å². The van der Waals surface area contributed by atoms with Crippen molar-refractivity contribution in [3.8, 4) is 0 Å². The predicted molar refractivity (Wildman–Crippen MR) is 37.9 cm³/mol. The zero-order valence-electron chi connectivity index (χ0n) is 6.82. The number of alkyl halides is 3. The van der Waals surface area contributed by atoms with Gasteiger partial charge in [0.1, 0.15) is 0 Å². The lowest BCUT2D eigenvalue weighted by Crippen LogP contribution is -2.50. The van der Waals surface area contributed by atoms with Crippen LogP contribution in [0.5, 0.6) is 0 Å². The van der Waals surface area contributed by atoms with Crippen molar-refractivity contribution in [2.75, 3.05) is 13.1 Å². The van der Waals surface area contributed by atoms with E-state index in [4.69, 9.17) is 4.74 Å². The number of ether oxygens (including phenoxy) is 1. The van der Waals surface area contributed by atoms with Crippen LogP contribution in [0.25, 0.3) is 0 Å². The minimum atomic E-state index is -4.24. The van der Waals surface area contributed by atoms with Gasteiger partial charge in [-0.1, -0.05) is 6.92 Å². The number of hydrogen-bond acceptors (Lipinski definition) is 2. The van der Waals surface area contributed by atoms with Gasteiger partial charge in [-0.05, 0) is 6.42 Å². The molecule has 0 unspecified atom stereocenters. The van der Waals surface area contributed by atoms with Gasteiger partial charge in [0.15, 0.2) is 6.10 Å². The molecular weight excluding hydrogens is 171 g/mol. The quantitative estimate of drug-likeness (QED) is 0.661. The minimum Gasteiger partial charge on any atom is -0.363 e. The maximum Gasteiger partial charge on any atom is 0.415 e. The van der Waals surface area contributed by atoms with Crippen molar-refractivity contribution in [2.45, 2.75) is 31.7 Å². The molecule has 72 valence electrons. The van der Waals surface area contributed by atoms with Crippen LogP contribution in [-0.2, 0) is 4.74 Å². The Balaban J connectivity index is 2.46. The summed E-state index contributed by atoms with van der Waals surface area (Å²) in [5.41, 5.74) is 0. The van der Waals surface area contributed by atoms with Crippen molar-refractivity contribution >= 4 is 0 Å². The van der Waals surface area contributed by atoms with Gasteiger partial charge in [-0.25, -0.2) is 0 Å². The summed E-state index contributed by atoms with van der Waals surface area (Å²) in [5, 5.41) is 2.70. The summed E-state index contributed by atoms with van der Waals surface area (Å²) in [6, 6.07) is 0. The number of morpholine rings is 1. The van der Waals surface area contributed by atoms with Crippen LogP contribution >= 0.6 is 0 Å². The van der Waals surface area contributed by atoms with Gasteiger partial charge in [-0.2, -0.15) is 13.2 Å². The summed E-state index contributed by atoms with van der Waals surface area (Å²) in [7, 11) is 0. The third-order valence-electron chi connectivity index (χ3n) is 1.88. The Morgan fingerprint density at radius 1 is 1.42 bits per heavy atom. The normalized spacial score (nSPS) is 32.0. The Kier molecular flexibility index (Phi) is 2.95. The Morgan fingerprint density at radius 2 is 2.08 bits per heavy atom. The van der Waals surface area contributed by atoms with Crippen molar-refractivity contribution in [1.29, 1.82) is 0 Å². The topological polar surface area (TPSA) is 21.3 Å². The molecule has 5 heteroatoms. The average molecular weight is 183 g/mol. The van der Waals surface area contributed by atoms with Crippen molar-refractivity contribution in [1.82, 2.24) is 5.32 Å². The molecule has 0 aliphatic carbocycles. The number of hydrogen-bond donors (Lipinski definition) is 1. The molecule has 12 heavy (non-hydrogen) atoms. The fraction of sp³-hybridized carbons (Fsp3) is 1.00. The second-order valence-electron chi connectivity index (χ2n) is 2.85. The highest BCUT2D eigenvalue weighted by atomic mass is 19.4. The summed E-state index contributed by atoms with van der Waals surface area (Å²) in [4.78, 5) is 0. The lowest BCUT2D eigenvalue weighted by atomic mass is 10.2. The third kappa shape index (κ3) is 2.35. The second-order valence-corrected chi connectivity index (χ2v) is 2.85. The van der Waals surface area contributed by atoms with Crippen LogP contribution in [0.2, 0.25) is 0 Å². The zero-order valence-corrected chi connectivity index (χ0v) is 6.82. The first-order valence-electron chi connectivity index (χ1n) is 3.97. The SMILES string of the molecule is CC[C@H]1CNC[C@@H](C(F)(F)F)O1. The Bertz CT molecular complexity index is 148. The molecule has 1 fully saturated rings. The highest BCUT2D eigenvalue weighted by molar-refractivity contribution is 4.78. The Hall–Kier alpha value is -0.290. The predicted octanol–water partition coefficient (Wildman–Crippen LogP) is 1.32. The summed E-state index contributed by atoms with van der Waals surface area (Å²) in [5.74, 6) is 0. The van der Waals surface area contributed by atoms with Gasteiger partial charge in [0.05, 0.1) is 6.10 Å². The largest absolute Gasteiger partial charge is 0.415 e. The summed E-state index contributed by atoms with van der Waals surface area (Å²) < 4.78 is 41.1. The van der Waals surface area contributed by atoms with Gasteiger partial charge >= 0.3 is 6.18 Å². The summed E-state index contributed by atoms with van der Waals surface area (Å²) >= 11 is 0. The first-order chi connectivity index (χ1) is 5.54. The first kappa shape index (κ1) is 9.80. The molecule has 1 aliphatic heterocycles. The van der Waals surface area contributed by atoms with Gasteiger partial charge in [-0.15, -0.1) is 0 Å².